The Morgan fingerprint density at radius 1 is 0.378 bits per heavy atom. The molecule has 3 heterocycles. The van der Waals surface area contributed by atoms with E-state index in [1.807, 2.05) is 11.3 Å². The molecule has 0 aliphatic rings. The van der Waals surface area contributed by atoms with Crippen molar-refractivity contribution >= 4 is 107 Å². The van der Waals surface area contributed by atoms with E-state index in [2.05, 4.69) is 149 Å². The molecule has 2 nitrogen and oxygen atoms in total. The molecule has 0 bridgehead atoms. The average molecular weight is 589 g/mol. The van der Waals surface area contributed by atoms with Crippen molar-refractivity contribution in [2.75, 3.05) is 0 Å². The van der Waals surface area contributed by atoms with Crippen LogP contribution in [0.2, 0.25) is 0 Å². The molecule has 3 aromatic heterocycles. The fraction of sp³-hybridized carbons (Fsp3) is 0. The zero-order valence-electron chi connectivity index (χ0n) is 24.1. The Morgan fingerprint density at radius 2 is 0.911 bits per heavy atom. The summed E-state index contributed by atoms with van der Waals surface area (Å²) < 4.78 is 5.14. The van der Waals surface area contributed by atoms with E-state index in [0.717, 1.165) is 0 Å². The van der Waals surface area contributed by atoms with Crippen LogP contribution in [-0.4, -0.2) is 9.55 Å². The lowest BCUT2D eigenvalue weighted by Gasteiger charge is -2.13. The van der Waals surface area contributed by atoms with Crippen molar-refractivity contribution in [2.45, 2.75) is 0 Å². The standard InChI is InChI=1S/C42H24N2S/c1-2-15-27-26(14-1)36-30-18-5-8-20-32(30)43-40(36)38-28-16-3-4-17-29(28)42-39(37(27)38)31-19-11-23-35(41(31)45-42)44-33-21-9-6-12-24(33)25-13-7-10-22-34(25)44/h1-23,43H. The lowest BCUT2D eigenvalue weighted by atomic mass is 9.90. The molecular weight excluding hydrogens is 565 g/mol. The first kappa shape index (κ1) is 23.8. The number of aromatic nitrogens is 2. The molecule has 3 heteroatoms. The minimum atomic E-state index is 1.18. The predicted octanol–water partition coefficient (Wildman–Crippen LogP) is 12.2. The number of nitrogens with one attached hydrogen (secondary N) is 1. The molecule has 0 aliphatic heterocycles. The van der Waals surface area contributed by atoms with Crippen LogP contribution in [0.15, 0.2) is 140 Å². The number of hydrogen-bond donors (Lipinski definition) is 1. The van der Waals surface area contributed by atoms with Crippen LogP contribution in [0.4, 0.5) is 0 Å². The number of para-hydroxylation sites is 3. The van der Waals surface area contributed by atoms with Gasteiger partial charge in [0.05, 0.1) is 26.9 Å². The Bertz CT molecular complexity index is 2990. The van der Waals surface area contributed by atoms with Crippen LogP contribution in [0, 0.1) is 0 Å². The molecule has 0 atom stereocenters. The third-order valence-electron chi connectivity index (χ3n) is 9.88. The van der Waals surface area contributed by atoms with Gasteiger partial charge in [0, 0.05) is 58.7 Å². The second-order valence-corrected chi connectivity index (χ2v) is 13.1. The molecule has 0 saturated heterocycles. The fourth-order valence-corrected chi connectivity index (χ4v) is 9.47. The highest BCUT2D eigenvalue weighted by atomic mass is 32.1. The Hall–Kier alpha value is -5.64. The Balaban J connectivity index is 1.42. The highest BCUT2D eigenvalue weighted by molar-refractivity contribution is 7.27. The van der Waals surface area contributed by atoms with Gasteiger partial charge in [0.25, 0.3) is 0 Å². The normalized spacial score (nSPS) is 12.4. The fourth-order valence-electron chi connectivity index (χ4n) is 8.12. The lowest BCUT2D eigenvalue weighted by Crippen LogP contribution is -1.93. The molecule has 0 radical (unpaired) electrons. The molecule has 0 unspecified atom stereocenters. The summed E-state index contributed by atoms with van der Waals surface area (Å²) in [5.74, 6) is 0. The summed E-state index contributed by atoms with van der Waals surface area (Å²) in [7, 11) is 0. The van der Waals surface area contributed by atoms with Gasteiger partial charge in [-0.25, -0.2) is 0 Å². The van der Waals surface area contributed by atoms with E-state index in [1.165, 1.54) is 102 Å². The van der Waals surface area contributed by atoms with E-state index < -0.39 is 0 Å². The Labute approximate surface area is 261 Å². The second kappa shape index (κ2) is 8.50. The van der Waals surface area contributed by atoms with Crippen LogP contribution in [0.1, 0.15) is 0 Å². The molecule has 0 aliphatic carbocycles. The number of thiophene rings is 1. The summed E-state index contributed by atoms with van der Waals surface area (Å²) in [6.45, 7) is 0. The monoisotopic (exact) mass is 588 g/mol. The van der Waals surface area contributed by atoms with E-state index in [9.17, 15) is 0 Å². The number of nitrogens with zero attached hydrogens (tertiary/aromatic N) is 1. The smallest absolute Gasteiger partial charge is 0.0640 e. The van der Waals surface area contributed by atoms with Gasteiger partial charge in [-0.15, -0.1) is 11.3 Å². The van der Waals surface area contributed by atoms with Gasteiger partial charge < -0.3 is 9.55 Å². The van der Waals surface area contributed by atoms with Crippen LogP contribution in [0.25, 0.3) is 102 Å². The van der Waals surface area contributed by atoms with Crippen molar-refractivity contribution in [1.82, 2.24) is 9.55 Å². The van der Waals surface area contributed by atoms with Gasteiger partial charge in [-0.3, -0.25) is 0 Å². The number of H-pyrrole nitrogens is 1. The zero-order chi connectivity index (χ0) is 29.2. The van der Waals surface area contributed by atoms with E-state index in [4.69, 9.17) is 0 Å². The topological polar surface area (TPSA) is 20.7 Å². The predicted molar refractivity (Wildman–Crippen MR) is 196 cm³/mol. The third-order valence-corrected chi connectivity index (χ3v) is 11.1. The molecule has 8 aromatic carbocycles. The highest BCUT2D eigenvalue weighted by Crippen LogP contribution is 2.51. The highest BCUT2D eigenvalue weighted by Gasteiger charge is 2.23. The number of rotatable bonds is 1. The van der Waals surface area contributed by atoms with Gasteiger partial charge in [0.2, 0.25) is 0 Å². The van der Waals surface area contributed by atoms with Crippen molar-refractivity contribution in [1.29, 1.82) is 0 Å². The first-order valence-corrected chi connectivity index (χ1v) is 16.3. The summed E-state index contributed by atoms with van der Waals surface area (Å²) in [6.07, 6.45) is 0. The maximum absolute atomic E-state index is 3.88. The van der Waals surface area contributed by atoms with Crippen LogP contribution in [-0.2, 0) is 0 Å². The molecule has 0 fully saturated rings. The van der Waals surface area contributed by atoms with Crippen molar-refractivity contribution in [3.63, 3.8) is 0 Å². The summed E-state index contributed by atoms with van der Waals surface area (Å²) in [5.41, 5.74) is 6.12. The van der Waals surface area contributed by atoms with Crippen LogP contribution < -0.4 is 0 Å². The molecular formula is C42H24N2S. The van der Waals surface area contributed by atoms with Crippen LogP contribution >= 0.6 is 11.3 Å². The second-order valence-electron chi connectivity index (χ2n) is 12.1. The minimum absolute atomic E-state index is 1.18. The van der Waals surface area contributed by atoms with Gasteiger partial charge >= 0.3 is 0 Å². The minimum Gasteiger partial charge on any atom is -0.354 e. The van der Waals surface area contributed by atoms with E-state index in [1.54, 1.807) is 0 Å². The van der Waals surface area contributed by atoms with E-state index in [-0.39, 0.29) is 0 Å². The van der Waals surface area contributed by atoms with Crippen LogP contribution in [0.5, 0.6) is 0 Å². The van der Waals surface area contributed by atoms with Gasteiger partial charge in [-0.2, -0.15) is 0 Å². The maximum atomic E-state index is 3.88. The molecule has 208 valence electrons. The summed E-state index contributed by atoms with van der Waals surface area (Å²) in [4.78, 5) is 3.88. The van der Waals surface area contributed by atoms with Gasteiger partial charge in [0.15, 0.2) is 0 Å². The number of fused-ring (bicyclic) bond motifs is 18. The average Bonchev–Trinajstić information content (AvgIpc) is 3.78. The first-order chi connectivity index (χ1) is 22.4. The molecule has 11 aromatic rings. The largest absolute Gasteiger partial charge is 0.354 e. The van der Waals surface area contributed by atoms with Crippen molar-refractivity contribution < 1.29 is 0 Å². The van der Waals surface area contributed by atoms with Crippen molar-refractivity contribution in [3.8, 4) is 5.69 Å². The SMILES string of the molecule is c1ccc2c(c1)[nH]c1c2c2ccccc2c2c1c1ccccc1c1sc3c(-n4c5ccccc5c5ccccc54)cccc3c12. The van der Waals surface area contributed by atoms with Crippen LogP contribution in [0.3, 0.4) is 0 Å². The summed E-state index contributed by atoms with van der Waals surface area (Å²) in [5, 5.41) is 15.7. The Morgan fingerprint density at radius 3 is 1.62 bits per heavy atom. The third kappa shape index (κ3) is 2.94. The van der Waals surface area contributed by atoms with Gasteiger partial charge in [0.1, 0.15) is 0 Å². The molecule has 0 spiro atoms. The number of aromatic amines is 1. The van der Waals surface area contributed by atoms with Crippen molar-refractivity contribution in [3.05, 3.63) is 140 Å². The van der Waals surface area contributed by atoms with E-state index in [0.29, 0.717) is 0 Å². The zero-order valence-corrected chi connectivity index (χ0v) is 25.0. The number of benzene rings is 8. The maximum Gasteiger partial charge on any atom is 0.0640 e. The van der Waals surface area contributed by atoms with Gasteiger partial charge in [-0.05, 0) is 40.4 Å². The van der Waals surface area contributed by atoms with E-state index >= 15 is 0 Å². The molecule has 0 amide bonds. The quantitative estimate of drug-likeness (QED) is 0.184. The summed E-state index contributed by atoms with van der Waals surface area (Å²) >= 11 is 1.94. The van der Waals surface area contributed by atoms with Gasteiger partial charge in [-0.1, -0.05) is 115 Å². The number of hydrogen-bond acceptors (Lipinski definition) is 1. The lowest BCUT2D eigenvalue weighted by molar-refractivity contribution is 1.20. The Kier molecular flexibility index (Phi) is 4.49. The molecule has 45 heavy (non-hydrogen) atoms. The first-order valence-electron chi connectivity index (χ1n) is 15.5. The summed E-state index contributed by atoms with van der Waals surface area (Å²) in [6, 6.07) is 51.2. The molecule has 0 saturated carbocycles. The molecule has 1 N–H and O–H groups in total. The molecule has 11 rings (SSSR count). The van der Waals surface area contributed by atoms with Crippen molar-refractivity contribution in [2.24, 2.45) is 0 Å².